The van der Waals surface area contributed by atoms with Crippen molar-refractivity contribution in [3.63, 3.8) is 0 Å². The van der Waals surface area contributed by atoms with Gasteiger partial charge in [-0.1, -0.05) is 12.1 Å². The van der Waals surface area contributed by atoms with Crippen LogP contribution < -0.4 is 14.4 Å². The fraction of sp³-hybridized carbons (Fsp3) is 0.350. The molecular weight excluding hydrogens is 383 g/mol. The molecule has 0 aliphatic rings. The number of carbonyl (C=O) groups excluding carboxylic acids is 1. The van der Waals surface area contributed by atoms with Crippen LogP contribution in [0.25, 0.3) is 0 Å². The lowest BCUT2D eigenvalue weighted by Crippen LogP contribution is -2.48. The SMILES string of the molecule is CCOc1ccc(N([C@H](C)C(=O)N[C@@H](C)c2ccc(F)cc2)S(C)(=O)=O)cc1. The van der Waals surface area contributed by atoms with Crippen molar-refractivity contribution >= 4 is 21.6 Å². The number of halogens is 1. The molecule has 2 rings (SSSR count). The number of carbonyl (C=O) groups is 1. The lowest BCUT2D eigenvalue weighted by atomic mass is 10.1. The summed E-state index contributed by atoms with van der Waals surface area (Å²) in [5, 5.41) is 2.78. The standard InChI is InChI=1S/C20H25FN2O4S/c1-5-27-19-12-10-18(11-13-19)23(28(4,25)26)15(3)20(24)22-14(2)16-6-8-17(21)9-7-16/h6-15H,5H2,1-4H3,(H,22,24)/t14-,15+/m0/s1. The molecule has 2 aromatic rings. The van der Waals surface area contributed by atoms with Crippen molar-refractivity contribution in [3.8, 4) is 5.75 Å². The molecule has 0 bridgehead atoms. The highest BCUT2D eigenvalue weighted by atomic mass is 32.2. The summed E-state index contributed by atoms with van der Waals surface area (Å²) in [6.07, 6.45) is 1.05. The molecule has 28 heavy (non-hydrogen) atoms. The summed E-state index contributed by atoms with van der Waals surface area (Å²) in [5.74, 6) is -0.215. The van der Waals surface area contributed by atoms with Crippen LogP contribution in [0.1, 0.15) is 32.4 Å². The van der Waals surface area contributed by atoms with Crippen molar-refractivity contribution in [1.82, 2.24) is 5.32 Å². The molecule has 1 N–H and O–H groups in total. The molecule has 0 saturated carbocycles. The van der Waals surface area contributed by atoms with E-state index in [1.54, 1.807) is 43.3 Å². The molecular formula is C20H25FN2O4S. The van der Waals surface area contributed by atoms with Gasteiger partial charge in [-0.15, -0.1) is 0 Å². The van der Waals surface area contributed by atoms with Gasteiger partial charge < -0.3 is 10.1 Å². The van der Waals surface area contributed by atoms with Gasteiger partial charge in [-0.2, -0.15) is 0 Å². The molecule has 6 nitrogen and oxygen atoms in total. The van der Waals surface area contributed by atoms with Crippen LogP contribution in [0.15, 0.2) is 48.5 Å². The molecule has 8 heteroatoms. The van der Waals surface area contributed by atoms with E-state index >= 15 is 0 Å². The number of ether oxygens (including phenoxy) is 1. The molecule has 0 unspecified atom stereocenters. The van der Waals surface area contributed by atoms with Crippen LogP contribution in [-0.4, -0.2) is 33.2 Å². The Morgan fingerprint density at radius 2 is 1.68 bits per heavy atom. The Morgan fingerprint density at radius 3 is 2.18 bits per heavy atom. The van der Waals surface area contributed by atoms with Gasteiger partial charge in [0.2, 0.25) is 15.9 Å². The summed E-state index contributed by atoms with van der Waals surface area (Å²) in [6.45, 7) is 5.62. The number of nitrogens with one attached hydrogen (secondary N) is 1. The largest absolute Gasteiger partial charge is 0.494 e. The zero-order valence-corrected chi connectivity index (χ0v) is 17.2. The fourth-order valence-corrected chi connectivity index (χ4v) is 4.01. The summed E-state index contributed by atoms with van der Waals surface area (Å²) >= 11 is 0. The van der Waals surface area contributed by atoms with Gasteiger partial charge in [-0.05, 0) is 62.7 Å². The normalized spacial score (nSPS) is 13.5. The van der Waals surface area contributed by atoms with Gasteiger partial charge in [0, 0.05) is 0 Å². The number of nitrogens with zero attached hydrogens (tertiary/aromatic N) is 1. The van der Waals surface area contributed by atoms with Crippen molar-refractivity contribution in [3.05, 3.63) is 59.9 Å². The van der Waals surface area contributed by atoms with Crippen molar-refractivity contribution < 1.29 is 22.3 Å². The van der Waals surface area contributed by atoms with E-state index in [4.69, 9.17) is 4.74 Å². The predicted molar refractivity (Wildman–Crippen MR) is 107 cm³/mol. The van der Waals surface area contributed by atoms with Crippen LogP contribution in [0, 0.1) is 5.82 Å². The highest BCUT2D eigenvalue weighted by Gasteiger charge is 2.29. The highest BCUT2D eigenvalue weighted by molar-refractivity contribution is 7.92. The monoisotopic (exact) mass is 408 g/mol. The van der Waals surface area contributed by atoms with Crippen LogP contribution >= 0.6 is 0 Å². The summed E-state index contributed by atoms with van der Waals surface area (Å²) in [5.41, 5.74) is 1.08. The third kappa shape index (κ3) is 5.45. The lowest BCUT2D eigenvalue weighted by Gasteiger charge is -2.29. The molecule has 0 saturated heterocycles. The predicted octanol–water partition coefficient (Wildman–Crippen LogP) is 3.26. The van der Waals surface area contributed by atoms with E-state index in [9.17, 15) is 17.6 Å². The van der Waals surface area contributed by atoms with Gasteiger partial charge in [0.1, 0.15) is 17.6 Å². The minimum Gasteiger partial charge on any atom is -0.494 e. The van der Waals surface area contributed by atoms with E-state index in [0.29, 0.717) is 23.6 Å². The Balaban J connectivity index is 2.21. The maximum Gasteiger partial charge on any atom is 0.244 e. The molecule has 0 aliphatic heterocycles. The molecule has 2 atom stereocenters. The highest BCUT2D eigenvalue weighted by Crippen LogP contribution is 2.24. The van der Waals surface area contributed by atoms with Crippen LogP contribution in [0.5, 0.6) is 5.75 Å². The lowest BCUT2D eigenvalue weighted by molar-refractivity contribution is -0.122. The van der Waals surface area contributed by atoms with E-state index in [1.165, 1.54) is 19.1 Å². The van der Waals surface area contributed by atoms with Crippen LogP contribution in [0.4, 0.5) is 10.1 Å². The Kier molecular flexibility index (Phi) is 7.01. The molecule has 0 heterocycles. The number of sulfonamides is 1. The van der Waals surface area contributed by atoms with E-state index < -0.39 is 28.0 Å². The smallest absolute Gasteiger partial charge is 0.244 e. The minimum atomic E-state index is -3.71. The second-order valence-electron chi connectivity index (χ2n) is 6.44. The first-order chi connectivity index (χ1) is 13.1. The summed E-state index contributed by atoms with van der Waals surface area (Å²) in [4.78, 5) is 12.7. The first kappa shape index (κ1) is 21.7. The zero-order chi connectivity index (χ0) is 20.9. The second-order valence-corrected chi connectivity index (χ2v) is 8.30. The number of hydrogen-bond donors (Lipinski definition) is 1. The van der Waals surface area contributed by atoms with E-state index in [1.807, 2.05) is 6.92 Å². The first-order valence-corrected chi connectivity index (χ1v) is 10.8. The number of amides is 1. The number of benzene rings is 2. The van der Waals surface area contributed by atoms with Crippen molar-refractivity contribution in [2.45, 2.75) is 32.9 Å². The van der Waals surface area contributed by atoms with Crippen LogP contribution in [0.2, 0.25) is 0 Å². The quantitative estimate of drug-likeness (QED) is 0.728. The minimum absolute atomic E-state index is 0.364. The molecule has 1 amide bonds. The molecule has 0 spiro atoms. The van der Waals surface area contributed by atoms with Gasteiger partial charge in [-0.3, -0.25) is 9.10 Å². The Morgan fingerprint density at radius 1 is 1.11 bits per heavy atom. The second kappa shape index (κ2) is 9.05. The number of hydrogen-bond acceptors (Lipinski definition) is 4. The summed E-state index contributed by atoms with van der Waals surface area (Å²) in [6, 6.07) is 10.9. The molecule has 0 aromatic heterocycles. The Labute approximate surface area is 165 Å². The van der Waals surface area contributed by atoms with Crippen LogP contribution in [0.3, 0.4) is 0 Å². The van der Waals surface area contributed by atoms with Gasteiger partial charge >= 0.3 is 0 Å². The van der Waals surface area contributed by atoms with Crippen molar-refractivity contribution in [2.24, 2.45) is 0 Å². The number of rotatable bonds is 8. The average Bonchev–Trinajstić information content (AvgIpc) is 2.62. The summed E-state index contributed by atoms with van der Waals surface area (Å²) < 4.78 is 44.2. The third-order valence-corrected chi connectivity index (χ3v) is 5.46. The average molecular weight is 408 g/mol. The maximum atomic E-state index is 13.1. The van der Waals surface area contributed by atoms with Crippen molar-refractivity contribution in [2.75, 3.05) is 17.2 Å². The molecule has 0 fully saturated rings. The number of anilines is 1. The molecule has 2 aromatic carbocycles. The molecule has 152 valence electrons. The van der Waals surface area contributed by atoms with Crippen LogP contribution in [-0.2, 0) is 14.8 Å². The van der Waals surface area contributed by atoms with E-state index in [2.05, 4.69) is 5.32 Å². The van der Waals surface area contributed by atoms with E-state index in [-0.39, 0.29) is 5.82 Å². The van der Waals surface area contributed by atoms with Gasteiger partial charge in [-0.25, -0.2) is 12.8 Å². The van der Waals surface area contributed by atoms with Gasteiger partial charge in [0.15, 0.2) is 0 Å². The topological polar surface area (TPSA) is 75.7 Å². The van der Waals surface area contributed by atoms with Crippen molar-refractivity contribution in [1.29, 1.82) is 0 Å². The third-order valence-electron chi connectivity index (χ3n) is 4.22. The molecule has 0 aliphatic carbocycles. The van der Waals surface area contributed by atoms with Gasteiger partial charge in [0.25, 0.3) is 0 Å². The zero-order valence-electron chi connectivity index (χ0n) is 16.3. The Bertz CT molecular complexity index is 899. The van der Waals surface area contributed by atoms with Gasteiger partial charge in [0.05, 0.1) is 24.6 Å². The summed E-state index contributed by atoms with van der Waals surface area (Å²) in [7, 11) is -3.71. The molecule has 0 radical (unpaired) electrons. The maximum absolute atomic E-state index is 13.1. The first-order valence-electron chi connectivity index (χ1n) is 8.91. The Hall–Kier alpha value is -2.61. The fourth-order valence-electron chi connectivity index (χ4n) is 2.83. The van der Waals surface area contributed by atoms with E-state index in [0.717, 1.165) is 10.6 Å².